The van der Waals surface area contributed by atoms with Gasteiger partial charge >= 0.3 is 6.01 Å². The number of methoxy groups -OCH3 is 1. The summed E-state index contributed by atoms with van der Waals surface area (Å²) in [4.78, 5) is 26.7. The van der Waals surface area contributed by atoms with Gasteiger partial charge in [-0.05, 0) is 54.7 Å². The minimum absolute atomic E-state index is 0.105. The Bertz CT molecular complexity index is 1240. The maximum atomic E-state index is 13.2. The van der Waals surface area contributed by atoms with Crippen molar-refractivity contribution in [2.45, 2.75) is 53.0 Å². The molecular formula is C29H35ClN4O3. The number of benzene rings is 2. The van der Waals surface area contributed by atoms with Crippen molar-refractivity contribution in [1.29, 1.82) is 0 Å². The Morgan fingerprint density at radius 1 is 1.08 bits per heavy atom. The average molecular weight is 523 g/mol. The zero-order valence-corrected chi connectivity index (χ0v) is 22.7. The monoisotopic (exact) mass is 522 g/mol. The van der Waals surface area contributed by atoms with E-state index in [1.54, 1.807) is 6.07 Å². The van der Waals surface area contributed by atoms with Crippen LogP contribution >= 0.6 is 11.6 Å². The number of nitrogens with zero attached hydrogens (tertiary/aromatic N) is 3. The summed E-state index contributed by atoms with van der Waals surface area (Å²) in [5.41, 5.74) is 1.78. The molecule has 37 heavy (non-hydrogen) atoms. The number of carbonyl (C=O) groups is 1. The first-order valence-corrected chi connectivity index (χ1v) is 13.1. The van der Waals surface area contributed by atoms with Crippen molar-refractivity contribution in [1.82, 2.24) is 20.3 Å². The predicted octanol–water partition coefficient (Wildman–Crippen LogP) is 5.70. The third-order valence-corrected chi connectivity index (χ3v) is 7.84. The fraction of sp³-hybridized carbons (Fsp3) is 0.448. The zero-order valence-electron chi connectivity index (χ0n) is 21.9. The van der Waals surface area contributed by atoms with E-state index in [1.165, 1.54) is 7.11 Å². The largest absolute Gasteiger partial charge is 0.467 e. The second kappa shape index (κ2) is 11.2. The van der Waals surface area contributed by atoms with Gasteiger partial charge in [0.05, 0.1) is 24.2 Å². The molecule has 8 heteroatoms. The fourth-order valence-electron chi connectivity index (χ4n) is 5.00. The number of aliphatic hydroxyl groups is 1. The summed E-state index contributed by atoms with van der Waals surface area (Å²) in [5, 5.41) is 13.7. The summed E-state index contributed by atoms with van der Waals surface area (Å²) < 4.78 is 5.32. The lowest BCUT2D eigenvalue weighted by Gasteiger charge is -2.42. The molecule has 0 spiro atoms. The van der Waals surface area contributed by atoms with Crippen LogP contribution in [0.2, 0.25) is 5.02 Å². The van der Waals surface area contributed by atoms with Gasteiger partial charge in [0.25, 0.3) is 0 Å². The predicted molar refractivity (Wildman–Crippen MR) is 145 cm³/mol. The number of rotatable bonds is 7. The van der Waals surface area contributed by atoms with Crippen LogP contribution in [0.4, 0.5) is 0 Å². The molecule has 0 saturated heterocycles. The Morgan fingerprint density at radius 3 is 2.38 bits per heavy atom. The van der Waals surface area contributed by atoms with Crippen LogP contribution in [0, 0.1) is 16.7 Å². The Morgan fingerprint density at radius 2 is 1.76 bits per heavy atom. The fourth-order valence-corrected chi connectivity index (χ4v) is 5.20. The smallest absolute Gasteiger partial charge is 0.320 e. The molecule has 7 nitrogen and oxygen atoms in total. The summed E-state index contributed by atoms with van der Waals surface area (Å²) in [6.45, 7) is 6.89. The molecular weight excluding hydrogens is 488 g/mol. The van der Waals surface area contributed by atoms with E-state index in [1.807, 2.05) is 42.5 Å². The lowest BCUT2D eigenvalue weighted by molar-refractivity contribution is -0.137. The summed E-state index contributed by atoms with van der Waals surface area (Å²) in [7, 11) is 1.51. The molecule has 3 aromatic rings. The minimum atomic E-state index is -0.733. The van der Waals surface area contributed by atoms with E-state index in [-0.39, 0.29) is 23.9 Å². The van der Waals surface area contributed by atoms with Crippen molar-refractivity contribution in [2.24, 2.45) is 16.7 Å². The molecule has 4 rings (SSSR count). The third-order valence-electron chi connectivity index (χ3n) is 7.51. The SMILES string of the molecule is COc1nc(-c2ccccc2)nc(-c2cc(CNC(=O)C3(CO)CCC(C(C)(C)C)CC3)ccc2Cl)n1. The lowest BCUT2D eigenvalue weighted by atomic mass is 9.64. The molecule has 1 aromatic heterocycles. The number of ether oxygens (including phenoxy) is 1. The van der Waals surface area contributed by atoms with E-state index < -0.39 is 5.41 Å². The molecule has 1 amide bonds. The van der Waals surface area contributed by atoms with Gasteiger partial charge in [-0.25, -0.2) is 4.98 Å². The van der Waals surface area contributed by atoms with Crippen molar-refractivity contribution in [2.75, 3.05) is 13.7 Å². The number of amides is 1. The molecule has 0 radical (unpaired) electrons. The molecule has 196 valence electrons. The molecule has 0 atom stereocenters. The van der Waals surface area contributed by atoms with E-state index in [0.29, 0.717) is 47.5 Å². The average Bonchev–Trinajstić information content (AvgIpc) is 2.92. The number of hydrogen-bond acceptors (Lipinski definition) is 6. The molecule has 1 heterocycles. The van der Waals surface area contributed by atoms with Crippen molar-refractivity contribution < 1.29 is 14.6 Å². The van der Waals surface area contributed by atoms with Gasteiger partial charge in [-0.1, -0.05) is 68.8 Å². The standard InChI is InChI=1S/C29H35ClN4O3/c1-28(2,3)21-12-14-29(18-35,15-13-21)26(36)31-17-19-10-11-23(30)22(16-19)25-32-24(33-27(34-25)37-4)20-8-6-5-7-9-20/h5-11,16,21,35H,12-15,17-18H2,1-4H3,(H,31,36). The maximum absolute atomic E-state index is 13.2. The lowest BCUT2D eigenvalue weighted by Crippen LogP contribution is -2.46. The van der Waals surface area contributed by atoms with Crippen LogP contribution in [0.3, 0.4) is 0 Å². The van der Waals surface area contributed by atoms with Gasteiger partial charge in [0.15, 0.2) is 11.6 Å². The van der Waals surface area contributed by atoms with Gasteiger partial charge in [0.1, 0.15) is 0 Å². The second-order valence-electron chi connectivity index (χ2n) is 10.9. The summed E-state index contributed by atoms with van der Waals surface area (Å²) >= 11 is 6.54. The molecule has 0 aliphatic heterocycles. The van der Waals surface area contributed by atoms with Gasteiger partial charge in [-0.3, -0.25) is 4.79 Å². The van der Waals surface area contributed by atoms with Crippen molar-refractivity contribution in [3.63, 3.8) is 0 Å². The van der Waals surface area contributed by atoms with Crippen molar-refractivity contribution in [3.05, 3.63) is 59.1 Å². The van der Waals surface area contributed by atoms with E-state index in [4.69, 9.17) is 16.3 Å². The van der Waals surface area contributed by atoms with E-state index in [9.17, 15) is 9.90 Å². The minimum Gasteiger partial charge on any atom is -0.467 e. The normalized spacial score (nSPS) is 19.9. The molecule has 1 fully saturated rings. The number of aromatic nitrogens is 3. The van der Waals surface area contributed by atoms with Crippen LogP contribution in [0.25, 0.3) is 22.8 Å². The highest BCUT2D eigenvalue weighted by Gasteiger charge is 2.43. The van der Waals surface area contributed by atoms with Gasteiger partial charge in [-0.15, -0.1) is 0 Å². The molecule has 1 aliphatic carbocycles. The Labute approximate surface area is 223 Å². The first-order valence-electron chi connectivity index (χ1n) is 12.7. The quantitative estimate of drug-likeness (QED) is 0.413. The van der Waals surface area contributed by atoms with Crippen LogP contribution in [0.5, 0.6) is 6.01 Å². The Balaban J connectivity index is 1.53. The van der Waals surface area contributed by atoms with Crippen LogP contribution in [-0.4, -0.2) is 39.7 Å². The Hall–Kier alpha value is -3.03. The number of nitrogens with one attached hydrogen (secondary N) is 1. The van der Waals surface area contributed by atoms with Crippen LogP contribution in [-0.2, 0) is 11.3 Å². The highest BCUT2D eigenvalue weighted by atomic mass is 35.5. The highest BCUT2D eigenvalue weighted by molar-refractivity contribution is 6.33. The zero-order chi connectivity index (χ0) is 26.6. The number of hydrogen-bond donors (Lipinski definition) is 2. The summed E-state index contributed by atoms with van der Waals surface area (Å²) in [6, 6.07) is 15.3. The van der Waals surface area contributed by atoms with E-state index in [0.717, 1.165) is 24.0 Å². The number of carbonyl (C=O) groups excluding carboxylic acids is 1. The van der Waals surface area contributed by atoms with Crippen LogP contribution in [0.1, 0.15) is 52.0 Å². The topological polar surface area (TPSA) is 97.2 Å². The van der Waals surface area contributed by atoms with Gasteiger partial charge in [-0.2, -0.15) is 9.97 Å². The molecule has 2 N–H and O–H groups in total. The van der Waals surface area contributed by atoms with E-state index in [2.05, 4.69) is 41.0 Å². The first-order chi connectivity index (χ1) is 17.6. The maximum Gasteiger partial charge on any atom is 0.320 e. The van der Waals surface area contributed by atoms with Crippen LogP contribution < -0.4 is 10.1 Å². The second-order valence-corrected chi connectivity index (χ2v) is 11.3. The highest BCUT2D eigenvalue weighted by Crippen LogP contribution is 2.45. The van der Waals surface area contributed by atoms with E-state index >= 15 is 0 Å². The van der Waals surface area contributed by atoms with Gasteiger partial charge < -0.3 is 15.2 Å². The summed E-state index contributed by atoms with van der Waals surface area (Å²) in [6.07, 6.45) is 3.26. The van der Waals surface area contributed by atoms with Crippen molar-refractivity contribution in [3.8, 4) is 28.8 Å². The molecule has 1 saturated carbocycles. The first kappa shape index (κ1) is 27.0. The molecule has 2 aromatic carbocycles. The molecule has 0 bridgehead atoms. The molecule has 1 aliphatic rings. The summed E-state index contributed by atoms with van der Waals surface area (Å²) in [5.74, 6) is 1.31. The Kier molecular flexibility index (Phi) is 8.14. The number of halogens is 1. The van der Waals surface area contributed by atoms with Crippen LogP contribution in [0.15, 0.2) is 48.5 Å². The van der Waals surface area contributed by atoms with Gasteiger partial charge in [0, 0.05) is 17.7 Å². The third kappa shape index (κ3) is 6.11. The van der Waals surface area contributed by atoms with Gasteiger partial charge in [0.2, 0.25) is 5.91 Å². The molecule has 0 unspecified atom stereocenters. The van der Waals surface area contributed by atoms with Crippen molar-refractivity contribution >= 4 is 17.5 Å². The number of aliphatic hydroxyl groups excluding tert-OH is 1.